The van der Waals surface area contributed by atoms with Crippen LogP contribution in [-0.2, 0) is 13.1 Å². The Balaban J connectivity index is 1.74. The van der Waals surface area contributed by atoms with E-state index < -0.39 is 0 Å². The topological polar surface area (TPSA) is 39.8 Å². The molecule has 0 atom stereocenters. The highest BCUT2D eigenvalue weighted by Crippen LogP contribution is 2.27. The van der Waals surface area contributed by atoms with Crippen molar-refractivity contribution in [1.29, 1.82) is 0 Å². The summed E-state index contributed by atoms with van der Waals surface area (Å²) < 4.78 is 3.74. The predicted molar refractivity (Wildman–Crippen MR) is 122 cm³/mol. The number of aromatic nitrogens is 3. The van der Waals surface area contributed by atoms with E-state index in [1.807, 2.05) is 54.6 Å². The van der Waals surface area contributed by atoms with Gasteiger partial charge >= 0.3 is 0 Å². The number of benzene rings is 3. The fourth-order valence-electron chi connectivity index (χ4n) is 3.99. The first-order valence-electron chi connectivity index (χ1n) is 9.86. The van der Waals surface area contributed by atoms with Crippen LogP contribution in [0.5, 0.6) is 0 Å². The van der Waals surface area contributed by atoms with Crippen LogP contribution in [0.1, 0.15) is 16.7 Å². The molecule has 2 aromatic heterocycles. The second-order valence-electron chi connectivity index (χ2n) is 7.60. The average molecular weight is 414 g/mol. The van der Waals surface area contributed by atoms with Gasteiger partial charge in [-0.25, -0.2) is 4.98 Å². The van der Waals surface area contributed by atoms with Crippen LogP contribution >= 0.6 is 11.6 Å². The summed E-state index contributed by atoms with van der Waals surface area (Å²) in [5.74, 6) is 0. The van der Waals surface area contributed by atoms with Gasteiger partial charge in [-0.15, -0.1) is 0 Å². The van der Waals surface area contributed by atoms with Gasteiger partial charge < -0.3 is 4.57 Å². The summed E-state index contributed by atoms with van der Waals surface area (Å²) in [4.78, 5) is 18.2. The van der Waals surface area contributed by atoms with Gasteiger partial charge in [-0.3, -0.25) is 9.36 Å². The molecule has 0 saturated heterocycles. The Bertz CT molecular complexity index is 1430. The van der Waals surface area contributed by atoms with E-state index in [9.17, 15) is 4.79 Å². The molecule has 0 saturated carbocycles. The van der Waals surface area contributed by atoms with Gasteiger partial charge in [-0.1, -0.05) is 65.7 Å². The van der Waals surface area contributed by atoms with E-state index in [1.165, 1.54) is 0 Å². The molecular weight excluding hydrogens is 394 g/mol. The number of rotatable bonds is 4. The summed E-state index contributed by atoms with van der Waals surface area (Å²) in [5.41, 5.74) is 5.56. The summed E-state index contributed by atoms with van der Waals surface area (Å²) >= 11 is 6.20. The Kier molecular flexibility index (Phi) is 4.64. The Morgan fingerprint density at radius 2 is 1.70 bits per heavy atom. The number of halogens is 1. The zero-order valence-electron chi connectivity index (χ0n) is 16.5. The van der Waals surface area contributed by atoms with Crippen molar-refractivity contribution in [3.05, 3.63) is 111 Å². The van der Waals surface area contributed by atoms with Crippen molar-refractivity contribution in [3.63, 3.8) is 0 Å². The molecule has 148 valence electrons. The van der Waals surface area contributed by atoms with Crippen molar-refractivity contribution in [2.75, 3.05) is 0 Å². The molecule has 3 aromatic carbocycles. The molecule has 0 bridgehead atoms. The van der Waals surface area contributed by atoms with Crippen molar-refractivity contribution in [2.24, 2.45) is 0 Å². The zero-order valence-corrected chi connectivity index (χ0v) is 17.3. The first kappa shape index (κ1) is 18.6. The fraction of sp³-hybridized carbons (Fsp3) is 0.120. The zero-order chi connectivity index (χ0) is 20.7. The lowest BCUT2D eigenvalue weighted by atomic mass is 10.1. The number of hydrogen-bond donors (Lipinski definition) is 0. The lowest BCUT2D eigenvalue weighted by molar-refractivity contribution is 0.737. The molecule has 0 unspecified atom stereocenters. The Morgan fingerprint density at radius 1 is 0.900 bits per heavy atom. The van der Waals surface area contributed by atoms with Crippen LogP contribution in [-0.4, -0.2) is 14.1 Å². The molecule has 0 fully saturated rings. The summed E-state index contributed by atoms with van der Waals surface area (Å²) in [6, 6.07) is 23.9. The van der Waals surface area contributed by atoms with Gasteiger partial charge in [0.05, 0.1) is 18.4 Å². The van der Waals surface area contributed by atoms with Gasteiger partial charge in [0.25, 0.3) is 5.56 Å². The first-order valence-corrected chi connectivity index (χ1v) is 10.2. The molecule has 5 rings (SSSR count). The molecule has 30 heavy (non-hydrogen) atoms. The molecule has 0 amide bonds. The van der Waals surface area contributed by atoms with Crippen LogP contribution in [0.3, 0.4) is 0 Å². The van der Waals surface area contributed by atoms with E-state index in [-0.39, 0.29) is 5.56 Å². The Hall–Kier alpha value is -3.37. The third kappa shape index (κ3) is 3.29. The summed E-state index contributed by atoms with van der Waals surface area (Å²) in [6.45, 7) is 3.09. The van der Waals surface area contributed by atoms with E-state index in [0.29, 0.717) is 23.6 Å². The van der Waals surface area contributed by atoms with E-state index in [0.717, 1.165) is 33.1 Å². The molecule has 0 radical (unpaired) electrons. The Morgan fingerprint density at radius 3 is 2.50 bits per heavy atom. The van der Waals surface area contributed by atoms with E-state index in [2.05, 4.69) is 29.7 Å². The third-order valence-electron chi connectivity index (χ3n) is 5.41. The summed E-state index contributed by atoms with van der Waals surface area (Å²) in [6.07, 6.45) is 1.66. The summed E-state index contributed by atoms with van der Waals surface area (Å²) in [7, 11) is 0. The lowest BCUT2D eigenvalue weighted by Crippen LogP contribution is -2.23. The monoisotopic (exact) mass is 413 g/mol. The van der Waals surface area contributed by atoms with Crippen LogP contribution in [0, 0.1) is 6.92 Å². The number of aryl methyl sites for hydroxylation is 1. The lowest BCUT2D eigenvalue weighted by Gasteiger charge is -2.10. The van der Waals surface area contributed by atoms with Gasteiger partial charge in [0, 0.05) is 17.0 Å². The van der Waals surface area contributed by atoms with E-state index in [4.69, 9.17) is 16.6 Å². The van der Waals surface area contributed by atoms with Gasteiger partial charge in [-0.05, 0) is 42.3 Å². The molecule has 4 nitrogen and oxygen atoms in total. The van der Waals surface area contributed by atoms with Gasteiger partial charge in [-0.2, -0.15) is 0 Å². The standard InChI is InChI=1S/C25H20ClN3O/c1-17-10-11-22-21(12-17)23-24(29(22)15-19-8-5-9-20(26)13-19)25(30)28(16-27-23)14-18-6-3-2-4-7-18/h2-13,16H,14-15H2,1H3. The van der Waals surface area contributed by atoms with Crippen LogP contribution < -0.4 is 5.56 Å². The second-order valence-corrected chi connectivity index (χ2v) is 8.03. The van der Waals surface area contributed by atoms with Crippen LogP contribution in [0.25, 0.3) is 21.9 Å². The fourth-order valence-corrected chi connectivity index (χ4v) is 4.20. The van der Waals surface area contributed by atoms with Crippen LogP contribution in [0.2, 0.25) is 5.02 Å². The minimum atomic E-state index is -0.0419. The SMILES string of the molecule is Cc1ccc2c(c1)c1ncn(Cc3ccccc3)c(=O)c1n2Cc1cccc(Cl)c1. The van der Waals surface area contributed by atoms with E-state index in [1.54, 1.807) is 10.9 Å². The highest BCUT2D eigenvalue weighted by atomic mass is 35.5. The predicted octanol–water partition coefficient (Wildman–Crippen LogP) is 5.41. The van der Waals surface area contributed by atoms with Gasteiger partial charge in [0.1, 0.15) is 11.0 Å². The van der Waals surface area contributed by atoms with E-state index >= 15 is 0 Å². The van der Waals surface area contributed by atoms with Gasteiger partial charge in [0.15, 0.2) is 0 Å². The second kappa shape index (κ2) is 7.47. The number of hydrogen-bond acceptors (Lipinski definition) is 2. The molecular formula is C25H20ClN3O. The highest BCUT2D eigenvalue weighted by Gasteiger charge is 2.17. The van der Waals surface area contributed by atoms with Crippen molar-refractivity contribution in [1.82, 2.24) is 14.1 Å². The number of fused-ring (bicyclic) bond motifs is 3. The Labute approximate surface area is 179 Å². The summed E-state index contributed by atoms with van der Waals surface area (Å²) in [5, 5.41) is 1.68. The maximum atomic E-state index is 13.5. The largest absolute Gasteiger partial charge is 0.330 e. The quantitative estimate of drug-likeness (QED) is 0.395. The van der Waals surface area contributed by atoms with Gasteiger partial charge in [0.2, 0.25) is 0 Å². The molecule has 2 heterocycles. The van der Waals surface area contributed by atoms with Crippen LogP contribution in [0.15, 0.2) is 83.9 Å². The minimum Gasteiger partial charge on any atom is -0.330 e. The normalized spacial score (nSPS) is 11.4. The molecule has 0 aliphatic carbocycles. The van der Waals surface area contributed by atoms with Crippen molar-refractivity contribution >= 4 is 33.5 Å². The molecule has 0 aliphatic heterocycles. The maximum absolute atomic E-state index is 13.5. The molecule has 5 aromatic rings. The maximum Gasteiger partial charge on any atom is 0.278 e. The highest BCUT2D eigenvalue weighted by molar-refractivity contribution is 6.30. The van der Waals surface area contributed by atoms with Crippen molar-refractivity contribution in [2.45, 2.75) is 20.0 Å². The molecule has 5 heteroatoms. The third-order valence-corrected chi connectivity index (χ3v) is 5.64. The molecule has 0 N–H and O–H groups in total. The minimum absolute atomic E-state index is 0.0419. The molecule has 0 aliphatic rings. The first-order chi connectivity index (χ1) is 14.6. The number of nitrogens with zero attached hydrogens (tertiary/aromatic N) is 3. The van der Waals surface area contributed by atoms with Crippen molar-refractivity contribution in [3.8, 4) is 0 Å². The molecule has 0 spiro atoms. The van der Waals surface area contributed by atoms with Crippen molar-refractivity contribution < 1.29 is 0 Å². The van der Waals surface area contributed by atoms with Crippen LogP contribution in [0.4, 0.5) is 0 Å². The average Bonchev–Trinajstić information content (AvgIpc) is 3.04. The smallest absolute Gasteiger partial charge is 0.278 e.